The smallest absolute Gasteiger partial charge is 0.269 e. The highest BCUT2D eigenvalue weighted by molar-refractivity contribution is 7.80. The zero-order valence-corrected chi connectivity index (χ0v) is 15.8. The fraction of sp³-hybridized carbons (Fsp3) is 0.211. The van der Waals surface area contributed by atoms with Crippen molar-refractivity contribution in [3.05, 3.63) is 59.4 Å². The predicted molar refractivity (Wildman–Crippen MR) is 108 cm³/mol. The van der Waals surface area contributed by atoms with E-state index in [0.717, 1.165) is 34.7 Å². The minimum atomic E-state index is -0.274. The van der Waals surface area contributed by atoms with Crippen LogP contribution in [0.25, 0.3) is 11.0 Å². The van der Waals surface area contributed by atoms with Crippen LogP contribution in [0.4, 0.5) is 5.69 Å². The number of aryl methyl sites for hydroxylation is 3. The minimum absolute atomic E-state index is 0.274. The third-order valence-electron chi connectivity index (χ3n) is 4.08. The molecule has 0 unspecified atom stereocenters. The molecule has 26 heavy (non-hydrogen) atoms. The molecular formula is C19H21N5OS. The lowest BCUT2D eigenvalue weighted by Gasteiger charge is -2.12. The van der Waals surface area contributed by atoms with E-state index in [9.17, 15) is 4.79 Å². The van der Waals surface area contributed by atoms with Gasteiger partial charge in [0, 0.05) is 17.8 Å². The Balaban J connectivity index is 1.64. The molecule has 6 nitrogen and oxygen atoms in total. The number of amides is 1. The van der Waals surface area contributed by atoms with Crippen molar-refractivity contribution in [2.45, 2.75) is 27.3 Å². The Morgan fingerprint density at radius 1 is 1.15 bits per heavy atom. The third-order valence-corrected chi connectivity index (χ3v) is 4.29. The SMILES string of the molecule is CCn1c(C)nc2cc(C(=O)NNC(=S)Nc3cccc(C)c3)ccc21. The Labute approximate surface area is 157 Å². The van der Waals surface area contributed by atoms with Gasteiger partial charge in [-0.15, -0.1) is 0 Å². The summed E-state index contributed by atoms with van der Waals surface area (Å²) in [6.07, 6.45) is 0. The van der Waals surface area contributed by atoms with Crippen LogP contribution in [0.2, 0.25) is 0 Å². The van der Waals surface area contributed by atoms with Gasteiger partial charge >= 0.3 is 0 Å². The molecule has 0 fully saturated rings. The van der Waals surface area contributed by atoms with Crippen molar-refractivity contribution in [1.82, 2.24) is 20.4 Å². The summed E-state index contributed by atoms with van der Waals surface area (Å²) >= 11 is 5.21. The van der Waals surface area contributed by atoms with E-state index in [1.165, 1.54) is 0 Å². The van der Waals surface area contributed by atoms with Crippen LogP contribution in [0, 0.1) is 13.8 Å². The lowest BCUT2D eigenvalue weighted by Crippen LogP contribution is -2.43. The van der Waals surface area contributed by atoms with Gasteiger partial charge in [-0.05, 0) is 68.9 Å². The Morgan fingerprint density at radius 3 is 2.69 bits per heavy atom. The Hall–Kier alpha value is -2.93. The molecular weight excluding hydrogens is 346 g/mol. The number of aromatic nitrogens is 2. The van der Waals surface area contributed by atoms with Gasteiger partial charge in [-0.1, -0.05) is 12.1 Å². The quantitative estimate of drug-likeness (QED) is 0.489. The van der Waals surface area contributed by atoms with Gasteiger partial charge < -0.3 is 9.88 Å². The van der Waals surface area contributed by atoms with Crippen LogP contribution >= 0.6 is 12.2 Å². The molecule has 0 aliphatic rings. The second kappa shape index (κ2) is 7.53. The van der Waals surface area contributed by atoms with E-state index >= 15 is 0 Å². The van der Waals surface area contributed by atoms with Gasteiger partial charge in [0.2, 0.25) is 0 Å². The number of fused-ring (bicyclic) bond motifs is 1. The van der Waals surface area contributed by atoms with Crippen LogP contribution in [0.1, 0.15) is 28.7 Å². The van der Waals surface area contributed by atoms with Crippen LogP contribution in [-0.2, 0) is 6.54 Å². The van der Waals surface area contributed by atoms with E-state index in [1.54, 1.807) is 12.1 Å². The molecule has 0 spiro atoms. The highest BCUT2D eigenvalue weighted by Crippen LogP contribution is 2.17. The van der Waals surface area contributed by atoms with E-state index in [2.05, 4.69) is 32.6 Å². The standard InChI is InChI=1S/C19H21N5OS/c1-4-24-13(3)20-16-11-14(8-9-17(16)24)18(25)22-23-19(26)21-15-7-5-6-12(2)10-15/h5-11H,4H2,1-3H3,(H,22,25)(H2,21,23,26). The first-order chi connectivity index (χ1) is 12.5. The number of anilines is 1. The van der Waals surface area contributed by atoms with E-state index in [0.29, 0.717) is 10.7 Å². The first kappa shape index (κ1) is 17.9. The Bertz CT molecular complexity index is 979. The maximum atomic E-state index is 12.4. The van der Waals surface area contributed by atoms with Crippen LogP contribution < -0.4 is 16.2 Å². The highest BCUT2D eigenvalue weighted by Gasteiger charge is 2.11. The van der Waals surface area contributed by atoms with Crippen molar-refractivity contribution in [1.29, 1.82) is 0 Å². The molecule has 2 aromatic carbocycles. The summed E-state index contributed by atoms with van der Waals surface area (Å²) in [6, 6.07) is 13.3. The van der Waals surface area contributed by atoms with Crippen molar-refractivity contribution in [3.63, 3.8) is 0 Å². The molecule has 0 aliphatic heterocycles. The molecule has 1 amide bonds. The average Bonchev–Trinajstić information content (AvgIpc) is 2.93. The number of hydrazine groups is 1. The van der Waals surface area contributed by atoms with Gasteiger partial charge in [0.15, 0.2) is 5.11 Å². The molecule has 3 aromatic rings. The summed E-state index contributed by atoms with van der Waals surface area (Å²) in [5.41, 5.74) is 9.65. The summed E-state index contributed by atoms with van der Waals surface area (Å²) in [7, 11) is 0. The molecule has 7 heteroatoms. The Kier molecular flexibility index (Phi) is 5.18. The average molecular weight is 367 g/mol. The number of rotatable bonds is 3. The first-order valence-electron chi connectivity index (χ1n) is 8.39. The highest BCUT2D eigenvalue weighted by atomic mass is 32.1. The number of hydrogen-bond donors (Lipinski definition) is 3. The van der Waals surface area contributed by atoms with Crippen LogP contribution in [0.3, 0.4) is 0 Å². The van der Waals surface area contributed by atoms with Gasteiger partial charge in [0.25, 0.3) is 5.91 Å². The Morgan fingerprint density at radius 2 is 1.96 bits per heavy atom. The van der Waals surface area contributed by atoms with Crippen molar-refractivity contribution in [2.24, 2.45) is 0 Å². The maximum absolute atomic E-state index is 12.4. The van der Waals surface area contributed by atoms with Gasteiger partial charge in [-0.3, -0.25) is 15.6 Å². The molecule has 0 atom stereocenters. The van der Waals surface area contributed by atoms with Crippen molar-refractivity contribution in [2.75, 3.05) is 5.32 Å². The largest absolute Gasteiger partial charge is 0.331 e. The molecule has 1 heterocycles. The molecule has 3 N–H and O–H groups in total. The molecule has 1 aromatic heterocycles. The summed E-state index contributed by atoms with van der Waals surface area (Å²) in [4.78, 5) is 16.9. The van der Waals surface area contributed by atoms with Crippen molar-refractivity contribution >= 4 is 40.0 Å². The third kappa shape index (κ3) is 3.83. The number of carbonyl (C=O) groups is 1. The molecule has 0 bridgehead atoms. The van der Waals surface area contributed by atoms with Crippen molar-refractivity contribution < 1.29 is 4.79 Å². The number of carbonyl (C=O) groups excluding carboxylic acids is 1. The molecule has 0 aliphatic carbocycles. The van der Waals surface area contributed by atoms with Gasteiger partial charge in [0.1, 0.15) is 5.82 Å². The monoisotopic (exact) mass is 367 g/mol. The summed E-state index contributed by atoms with van der Waals surface area (Å²) < 4.78 is 2.11. The lowest BCUT2D eigenvalue weighted by atomic mass is 10.2. The summed E-state index contributed by atoms with van der Waals surface area (Å²) in [5, 5.41) is 3.34. The number of benzene rings is 2. The minimum Gasteiger partial charge on any atom is -0.331 e. The van der Waals surface area contributed by atoms with Crippen molar-refractivity contribution in [3.8, 4) is 0 Å². The van der Waals surface area contributed by atoms with Crippen LogP contribution in [0.5, 0.6) is 0 Å². The maximum Gasteiger partial charge on any atom is 0.269 e. The fourth-order valence-electron chi connectivity index (χ4n) is 2.86. The van der Waals surface area contributed by atoms with E-state index in [4.69, 9.17) is 12.2 Å². The second-order valence-corrected chi connectivity index (χ2v) is 6.42. The van der Waals surface area contributed by atoms with E-state index < -0.39 is 0 Å². The molecule has 134 valence electrons. The topological polar surface area (TPSA) is 71.0 Å². The van der Waals surface area contributed by atoms with Gasteiger partial charge in [0.05, 0.1) is 11.0 Å². The number of thiocarbonyl (C=S) groups is 1. The zero-order valence-electron chi connectivity index (χ0n) is 15.0. The van der Waals surface area contributed by atoms with Gasteiger partial charge in [-0.25, -0.2) is 4.98 Å². The van der Waals surface area contributed by atoms with E-state index in [-0.39, 0.29) is 5.91 Å². The molecule has 0 radical (unpaired) electrons. The normalized spacial score (nSPS) is 10.6. The second-order valence-electron chi connectivity index (χ2n) is 6.01. The summed E-state index contributed by atoms with van der Waals surface area (Å²) in [5.74, 6) is 0.658. The fourth-order valence-corrected chi connectivity index (χ4v) is 3.03. The van der Waals surface area contributed by atoms with Crippen LogP contribution in [-0.4, -0.2) is 20.6 Å². The van der Waals surface area contributed by atoms with Crippen LogP contribution in [0.15, 0.2) is 42.5 Å². The van der Waals surface area contributed by atoms with Gasteiger partial charge in [-0.2, -0.15) is 0 Å². The lowest BCUT2D eigenvalue weighted by molar-refractivity contribution is 0.0944. The first-order valence-corrected chi connectivity index (χ1v) is 8.79. The zero-order chi connectivity index (χ0) is 18.7. The molecule has 0 saturated carbocycles. The number of nitrogens with zero attached hydrogens (tertiary/aromatic N) is 2. The summed E-state index contributed by atoms with van der Waals surface area (Å²) in [6.45, 7) is 6.87. The number of hydrogen-bond acceptors (Lipinski definition) is 3. The predicted octanol–water partition coefficient (Wildman–Crippen LogP) is 3.30. The van der Waals surface area contributed by atoms with E-state index in [1.807, 2.05) is 44.2 Å². The molecule has 0 saturated heterocycles. The number of imidazole rings is 1. The molecule has 3 rings (SSSR count). The number of nitrogens with one attached hydrogen (secondary N) is 3.